The van der Waals surface area contributed by atoms with E-state index in [-0.39, 0.29) is 23.1 Å². The molecule has 0 atom stereocenters. The number of hydrogen-bond donors (Lipinski definition) is 1. The zero-order chi connectivity index (χ0) is 14.0. The fourth-order valence-electron chi connectivity index (χ4n) is 1.46. The number of aromatic nitrogens is 1. The van der Waals surface area contributed by atoms with Crippen molar-refractivity contribution in [3.05, 3.63) is 51.8 Å². The van der Waals surface area contributed by atoms with Crippen LogP contribution in [0, 0.1) is 22.9 Å². The summed E-state index contributed by atoms with van der Waals surface area (Å²) in [5.41, 5.74) is 5.91. The van der Waals surface area contributed by atoms with Crippen LogP contribution in [0.3, 0.4) is 0 Å². The Bertz CT molecular complexity index is 646. The highest BCUT2D eigenvalue weighted by molar-refractivity contribution is 5.53. The topological polar surface area (TPSA) is 91.3 Å². The predicted octanol–water partition coefficient (Wildman–Crippen LogP) is 2.81. The molecule has 0 fully saturated rings. The molecule has 19 heavy (non-hydrogen) atoms. The molecule has 2 N–H and O–H groups in total. The second-order valence-electron chi connectivity index (χ2n) is 3.85. The van der Waals surface area contributed by atoms with Crippen molar-refractivity contribution in [2.45, 2.75) is 6.92 Å². The number of rotatable bonds is 3. The fraction of sp³-hybridized carbons (Fsp3) is 0.0833. The first-order chi connectivity index (χ1) is 8.97. The quantitative estimate of drug-likeness (QED) is 0.679. The van der Waals surface area contributed by atoms with Crippen molar-refractivity contribution in [3.63, 3.8) is 0 Å². The largest absolute Gasteiger partial charge is 0.436 e. The summed E-state index contributed by atoms with van der Waals surface area (Å²) in [4.78, 5) is 13.6. The Morgan fingerprint density at radius 3 is 2.74 bits per heavy atom. The van der Waals surface area contributed by atoms with Crippen LogP contribution in [-0.4, -0.2) is 9.91 Å². The van der Waals surface area contributed by atoms with Crippen LogP contribution in [0.2, 0.25) is 0 Å². The van der Waals surface area contributed by atoms with Crippen molar-refractivity contribution in [2.75, 3.05) is 5.73 Å². The molecule has 2 aromatic rings. The van der Waals surface area contributed by atoms with Gasteiger partial charge in [0.25, 0.3) is 0 Å². The fourth-order valence-corrected chi connectivity index (χ4v) is 1.46. The molecule has 0 aliphatic rings. The maximum Gasteiger partial charge on any atom is 0.311 e. The molecule has 0 spiro atoms. The average molecular weight is 263 g/mol. The van der Waals surface area contributed by atoms with E-state index in [1.165, 1.54) is 18.2 Å². The normalized spacial score (nSPS) is 10.2. The SMILES string of the molecule is Cc1ccc(F)c(Oc2ccc([N+](=O)[O-])c(N)n2)c1. The molecule has 98 valence electrons. The van der Waals surface area contributed by atoms with Crippen LogP contribution in [0.4, 0.5) is 15.9 Å². The summed E-state index contributed by atoms with van der Waals surface area (Å²) in [6, 6.07) is 6.77. The molecule has 0 aliphatic carbocycles. The van der Waals surface area contributed by atoms with Crippen molar-refractivity contribution in [1.29, 1.82) is 0 Å². The molecule has 0 radical (unpaired) electrons. The molecule has 1 aromatic heterocycles. The van der Waals surface area contributed by atoms with Crippen molar-refractivity contribution >= 4 is 11.5 Å². The van der Waals surface area contributed by atoms with Crippen molar-refractivity contribution in [2.24, 2.45) is 0 Å². The number of nitrogens with two attached hydrogens (primary N) is 1. The van der Waals surface area contributed by atoms with Gasteiger partial charge in [0.1, 0.15) is 0 Å². The molecule has 0 saturated carbocycles. The van der Waals surface area contributed by atoms with Gasteiger partial charge in [-0.25, -0.2) is 4.39 Å². The second-order valence-corrected chi connectivity index (χ2v) is 3.85. The Hall–Kier alpha value is -2.70. The number of hydrogen-bond acceptors (Lipinski definition) is 5. The van der Waals surface area contributed by atoms with E-state index in [1.807, 2.05) is 0 Å². The number of pyridine rings is 1. The standard InChI is InChI=1S/C12H10FN3O3/c1-7-2-3-8(13)10(6-7)19-11-5-4-9(16(17)18)12(14)15-11/h2-6H,1H3,(H2,14,15). The lowest BCUT2D eigenvalue weighted by molar-refractivity contribution is -0.384. The minimum atomic E-state index is -0.653. The van der Waals surface area contributed by atoms with E-state index >= 15 is 0 Å². The average Bonchev–Trinajstić information content (AvgIpc) is 2.33. The first-order valence-electron chi connectivity index (χ1n) is 5.32. The number of nitrogens with zero attached hydrogens (tertiary/aromatic N) is 2. The van der Waals surface area contributed by atoms with E-state index in [2.05, 4.69) is 4.98 Å². The first kappa shape index (κ1) is 12.7. The van der Waals surface area contributed by atoms with Gasteiger partial charge in [-0.1, -0.05) is 6.07 Å². The molecule has 0 saturated heterocycles. The zero-order valence-corrected chi connectivity index (χ0v) is 9.96. The van der Waals surface area contributed by atoms with Gasteiger partial charge < -0.3 is 10.5 Å². The summed E-state index contributed by atoms with van der Waals surface area (Å²) in [5.74, 6) is -0.853. The molecule has 0 unspecified atom stereocenters. The molecule has 0 bridgehead atoms. The third kappa shape index (κ3) is 2.76. The van der Waals surface area contributed by atoms with E-state index in [0.29, 0.717) is 0 Å². The van der Waals surface area contributed by atoms with Crippen molar-refractivity contribution in [1.82, 2.24) is 4.98 Å². The monoisotopic (exact) mass is 263 g/mol. The molecule has 7 heteroatoms. The molecular weight excluding hydrogens is 253 g/mol. The second kappa shape index (κ2) is 4.89. The van der Waals surface area contributed by atoms with Crippen LogP contribution in [0.5, 0.6) is 11.6 Å². The van der Waals surface area contributed by atoms with E-state index in [0.717, 1.165) is 11.6 Å². The number of ether oxygens (including phenoxy) is 1. The van der Waals surface area contributed by atoms with Crippen LogP contribution >= 0.6 is 0 Å². The number of anilines is 1. The maximum atomic E-state index is 13.5. The lowest BCUT2D eigenvalue weighted by Crippen LogP contribution is -2.00. The summed E-state index contributed by atoms with van der Waals surface area (Å²) in [6.45, 7) is 1.78. The summed E-state index contributed by atoms with van der Waals surface area (Å²) in [5, 5.41) is 10.6. The summed E-state index contributed by atoms with van der Waals surface area (Å²) in [7, 11) is 0. The Morgan fingerprint density at radius 1 is 1.37 bits per heavy atom. The van der Waals surface area contributed by atoms with Gasteiger partial charge in [-0.2, -0.15) is 4.98 Å². The number of nitrogen functional groups attached to an aromatic ring is 1. The van der Waals surface area contributed by atoms with E-state index in [9.17, 15) is 14.5 Å². The van der Waals surface area contributed by atoms with Gasteiger partial charge in [0.15, 0.2) is 11.6 Å². The predicted molar refractivity (Wildman–Crippen MR) is 66.5 cm³/mol. The Balaban J connectivity index is 2.31. The number of benzene rings is 1. The van der Waals surface area contributed by atoms with Gasteiger partial charge in [0.05, 0.1) is 4.92 Å². The maximum absolute atomic E-state index is 13.5. The molecule has 0 aliphatic heterocycles. The molecule has 1 heterocycles. The number of halogens is 1. The third-order valence-electron chi connectivity index (χ3n) is 2.37. The first-order valence-corrected chi connectivity index (χ1v) is 5.32. The van der Waals surface area contributed by atoms with E-state index in [4.69, 9.17) is 10.5 Å². The highest BCUT2D eigenvalue weighted by Crippen LogP contribution is 2.27. The van der Waals surface area contributed by atoms with Crippen LogP contribution < -0.4 is 10.5 Å². The third-order valence-corrected chi connectivity index (χ3v) is 2.37. The van der Waals surface area contributed by atoms with E-state index < -0.39 is 10.7 Å². The Labute approximate surface area is 107 Å². The van der Waals surface area contributed by atoms with E-state index in [1.54, 1.807) is 13.0 Å². The van der Waals surface area contributed by atoms with Crippen LogP contribution in [0.25, 0.3) is 0 Å². The van der Waals surface area contributed by atoms with Crippen LogP contribution in [0.1, 0.15) is 5.56 Å². The van der Waals surface area contributed by atoms with Gasteiger partial charge >= 0.3 is 5.69 Å². The van der Waals surface area contributed by atoms with Crippen molar-refractivity contribution < 1.29 is 14.1 Å². The van der Waals surface area contributed by atoms with Gasteiger partial charge in [-0.15, -0.1) is 0 Å². The lowest BCUT2D eigenvalue weighted by Gasteiger charge is -2.07. The number of nitro groups is 1. The highest BCUT2D eigenvalue weighted by atomic mass is 19.1. The van der Waals surface area contributed by atoms with Gasteiger partial charge in [-0.3, -0.25) is 10.1 Å². The smallest absolute Gasteiger partial charge is 0.311 e. The van der Waals surface area contributed by atoms with Gasteiger partial charge in [0, 0.05) is 12.1 Å². The van der Waals surface area contributed by atoms with Crippen molar-refractivity contribution in [3.8, 4) is 11.6 Å². The lowest BCUT2D eigenvalue weighted by atomic mass is 10.2. The molecule has 6 nitrogen and oxygen atoms in total. The molecule has 2 rings (SSSR count). The highest BCUT2D eigenvalue weighted by Gasteiger charge is 2.14. The number of aryl methyl sites for hydroxylation is 1. The van der Waals surface area contributed by atoms with Crippen LogP contribution in [-0.2, 0) is 0 Å². The van der Waals surface area contributed by atoms with Crippen LogP contribution in [0.15, 0.2) is 30.3 Å². The Morgan fingerprint density at radius 2 is 2.11 bits per heavy atom. The molecular formula is C12H10FN3O3. The minimum Gasteiger partial charge on any atom is -0.436 e. The van der Waals surface area contributed by atoms with Gasteiger partial charge in [0.2, 0.25) is 11.7 Å². The Kier molecular flexibility index (Phi) is 3.28. The molecule has 0 amide bonds. The summed E-state index contributed by atoms with van der Waals surface area (Å²) < 4.78 is 18.7. The van der Waals surface area contributed by atoms with Gasteiger partial charge in [-0.05, 0) is 24.6 Å². The summed E-state index contributed by atoms with van der Waals surface area (Å²) in [6.07, 6.45) is 0. The zero-order valence-electron chi connectivity index (χ0n) is 9.96. The minimum absolute atomic E-state index is 0.00685. The molecule has 1 aromatic carbocycles. The summed E-state index contributed by atoms with van der Waals surface area (Å²) >= 11 is 0.